The van der Waals surface area contributed by atoms with Crippen LogP contribution in [0.3, 0.4) is 0 Å². The Bertz CT molecular complexity index is 274. The molecule has 1 aliphatic rings. The van der Waals surface area contributed by atoms with Gasteiger partial charge in [-0.25, -0.2) is 0 Å². The van der Waals surface area contributed by atoms with Crippen LogP contribution in [-0.4, -0.2) is 47.3 Å². The molecule has 0 aliphatic carbocycles. The lowest BCUT2D eigenvalue weighted by Gasteiger charge is -2.43. The normalized spacial score (nSPS) is 21.1. The lowest BCUT2D eigenvalue weighted by molar-refractivity contribution is -0.160. The fourth-order valence-electron chi connectivity index (χ4n) is 1.71. The van der Waals surface area contributed by atoms with Gasteiger partial charge in [-0.2, -0.15) is 0 Å². The van der Waals surface area contributed by atoms with Crippen LogP contribution in [0, 0.1) is 0 Å². The molecule has 15 heavy (non-hydrogen) atoms. The number of carbonyl (C=O) groups excluding carboxylic acids is 2. The first-order chi connectivity index (χ1) is 6.91. The summed E-state index contributed by atoms with van der Waals surface area (Å²) in [6.07, 6.45) is 1.99. The highest BCUT2D eigenvalue weighted by atomic mass is 16.2. The fourth-order valence-corrected chi connectivity index (χ4v) is 1.71. The minimum atomic E-state index is -0.691. The largest absolute Gasteiger partial charge is 0.331 e. The average Bonchev–Trinajstić information content (AvgIpc) is 2.19. The molecular formula is C11H20N2O2. The minimum Gasteiger partial charge on any atom is -0.331 e. The van der Waals surface area contributed by atoms with E-state index in [1.165, 1.54) is 4.90 Å². The molecule has 0 unspecified atom stereocenters. The Morgan fingerprint density at radius 1 is 1.33 bits per heavy atom. The molecule has 0 bridgehead atoms. The summed E-state index contributed by atoms with van der Waals surface area (Å²) in [4.78, 5) is 26.9. The van der Waals surface area contributed by atoms with E-state index in [1.54, 1.807) is 25.8 Å². The smallest absolute Gasteiger partial charge is 0.248 e. The highest BCUT2D eigenvalue weighted by Gasteiger charge is 2.43. The molecule has 4 nitrogen and oxygen atoms in total. The van der Waals surface area contributed by atoms with E-state index in [9.17, 15) is 9.59 Å². The van der Waals surface area contributed by atoms with Gasteiger partial charge in [0.25, 0.3) is 0 Å². The lowest BCUT2D eigenvalue weighted by atomic mass is 9.98. The van der Waals surface area contributed by atoms with Crippen molar-refractivity contribution < 1.29 is 9.59 Å². The summed E-state index contributed by atoms with van der Waals surface area (Å²) in [6, 6.07) is 0. The van der Waals surface area contributed by atoms with Crippen molar-refractivity contribution in [2.45, 2.75) is 39.2 Å². The molecule has 1 rings (SSSR count). The maximum atomic E-state index is 12.0. The van der Waals surface area contributed by atoms with E-state index >= 15 is 0 Å². The average molecular weight is 212 g/mol. The molecule has 0 aromatic rings. The maximum absolute atomic E-state index is 12.0. The van der Waals surface area contributed by atoms with Gasteiger partial charge in [-0.05, 0) is 20.3 Å². The quantitative estimate of drug-likeness (QED) is 0.696. The molecule has 86 valence electrons. The molecule has 4 heteroatoms. The molecule has 0 spiro atoms. The van der Waals surface area contributed by atoms with Gasteiger partial charge in [-0.3, -0.25) is 9.59 Å². The molecule has 1 aliphatic heterocycles. The van der Waals surface area contributed by atoms with E-state index in [0.717, 1.165) is 12.8 Å². The second-order valence-electron chi connectivity index (χ2n) is 4.59. The number of hydrogen-bond acceptors (Lipinski definition) is 2. The highest BCUT2D eigenvalue weighted by molar-refractivity contribution is 5.97. The molecular weight excluding hydrogens is 192 g/mol. The third-order valence-electron chi connectivity index (χ3n) is 3.13. The molecule has 0 atom stereocenters. The van der Waals surface area contributed by atoms with Gasteiger partial charge in [-0.1, -0.05) is 13.3 Å². The second kappa shape index (κ2) is 4.21. The number of hydrogen-bond donors (Lipinski definition) is 0. The summed E-state index contributed by atoms with van der Waals surface area (Å²) >= 11 is 0. The van der Waals surface area contributed by atoms with Crippen LogP contribution in [0.15, 0.2) is 0 Å². The minimum absolute atomic E-state index is 0.0238. The molecule has 1 saturated heterocycles. The third-order valence-corrected chi connectivity index (χ3v) is 3.13. The monoisotopic (exact) mass is 212 g/mol. The molecule has 0 aromatic heterocycles. The van der Waals surface area contributed by atoms with Gasteiger partial charge in [0.2, 0.25) is 11.8 Å². The van der Waals surface area contributed by atoms with Gasteiger partial charge in [0.05, 0.1) is 6.54 Å². The summed E-state index contributed by atoms with van der Waals surface area (Å²) in [5, 5.41) is 0. The van der Waals surface area contributed by atoms with E-state index in [2.05, 4.69) is 6.92 Å². The Morgan fingerprint density at radius 2 is 1.93 bits per heavy atom. The van der Waals surface area contributed by atoms with Crippen LogP contribution in [0.2, 0.25) is 0 Å². The van der Waals surface area contributed by atoms with E-state index in [-0.39, 0.29) is 18.4 Å². The van der Waals surface area contributed by atoms with Gasteiger partial charge in [0, 0.05) is 13.6 Å². The van der Waals surface area contributed by atoms with Crippen molar-refractivity contribution in [3.8, 4) is 0 Å². The number of nitrogens with zero attached hydrogens (tertiary/aromatic N) is 2. The zero-order valence-electron chi connectivity index (χ0n) is 10.0. The van der Waals surface area contributed by atoms with Crippen LogP contribution in [0.25, 0.3) is 0 Å². The maximum Gasteiger partial charge on any atom is 0.248 e. The summed E-state index contributed by atoms with van der Waals surface area (Å²) in [6.45, 7) is 6.60. The van der Waals surface area contributed by atoms with Gasteiger partial charge in [-0.15, -0.1) is 0 Å². The van der Waals surface area contributed by atoms with Crippen molar-refractivity contribution in [2.75, 3.05) is 20.1 Å². The van der Waals surface area contributed by atoms with E-state index in [1.807, 2.05) is 0 Å². The number of unbranched alkanes of at least 4 members (excludes halogenated alkanes) is 1. The van der Waals surface area contributed by atoms with Crippen LogP contribution in [-0.2, 0) is 9.59 Å². The van der Waals surface area contributed by atoms with Crippen LogP contribution in [0.1, 0.15) is 33.6 Å². The van der Waals surface area contributed by atoms with Crippen LogP contribution in [0.4, 0.5) is 0 Å². The molecule has 0 aromatic carbocycles. The Labute approximate surface area is 91.2 Å². The Morgan fingerprint density at radius 3 is 2.47 bits per heavy atom. The zero-order chi connectivity index (χ0) is 11.6. The molecule has 1 fully saturated rings. The van der Waals surface area contributed by atoms with Crippen molar-refractivity contribution in [1.29, 1.82) is 0 Å². The third kappa shape index (κ3) is 2.13. The zero-order valence-corrected chi connectivity index (χ0v) is 10.0. The van der Waals surface area contributed by atoms with Crippen molar-refractivity contribution in [1.82, 2.24) is 9.80 Å². The molecule has 0 radical (unpaired) electrons. The topological polar surface area (TPSA) is 40.6 Å². The number of amides is 2. The Hall–Kier alpha value is -1.06. The van der Waals surface area contributed by atoms with E-state index in [0.29, 0.717) is 6.54 Å². The summed E-state index contributed by atoms with van der Waals surface area (Å²) in [7, 11) is 1.69. The predicted octanol–water partition coefficient (Wildman–Crippen LogP) is 0.866. The first-order valence-corrected chi connectivity index (χ1v) is 5.47. The predicted molar refractivity (Wildman–Crippen MR) is 58.3 cm³/mol. The second-order valence-corrected chi connectivity index (χ2v) is 4.59. The Balaban J connectivity index is 2.77. The van der Waals surface area contributed by atoms with Crippen molar-refractivity contribution in [2.24, 2.45) is 0 Å². The first-order valence-electron chi connectivity index (χ1n) is 5.47. The lowest BCUT2D eigenvalue weighted by Crippen LogP contribution is -2.64. The fraction of sp³-hybridized carbons (Fsp3) is 0.818. The van der Waals surface area contributed by atoms with Gasteiger partial charge in [0.1, 0.15) is 5.54 Å². The number of piperazine rings is 1. The van der Waals surface area contributed by atoms with Crippen molar-refractivity contribution in [3.05, 3.63) is 0 Å². The van der Waals surface area contributed by atoms with Gasteiger partial charge in [0.15, 0.2) is 0 Å². The molecule has 2 amide bonds. The first kappa shape index (κ1) is 12.0. The summed E-state index contributed by atoms with van der Waals surface area (Å²) < 4.78 is 0. The van der Waals surface area contributed by atoms with Crippen LogP contribution < -0.4 is 0 Å². The number of carbonyl (C=O) groups is 2. The Kier molecular flexibility index (Phi) is 3.37. The molecule has 1 heterocycles. The van der Waals surface area contributed by atoms with Crippen LogP contribution in [0.5, 0.6) is 0 Å². The molecule has 0 N–H and O–H groups in total. The SMILES string of the molecule is CCCCN1CC(=O)N(C)C(C)(C)C1=O. The number of rotatable bonds is 3. The van der Waals surface area contributed by atoms with Crippen molar-refractivity contribution in [3.63, 3.8) is 0 Å². The highest BCUT2D eigenvalue weighted by Crippen LogP contribution is 2.21. The van der Waals surface area contributed by atoms with E-state index in [4.69, 9.17) is 0 Å². The van der Waals surface area contributed by atoms with Crippen molar-refractivity contribution >= 4 is 11.8 Å². The van der Waals surface area contributed by atoms with Gasteiger partial charge < -0.3 is 9.80 Å². The summed E-state index contributed by atoms with van der Waals surface area (Å²) in [5.41, 5.74) is -0.691. The standard InChI is InChI=1S/C11H20N2O2/c1-5-6-7-13-8-9(14)12(4)11(2,3)10(13)15/h5-8H2,1-4H3. The van der Waals surface area contributed by atoms with Crippen LogP contribution >= 0.6 is 0 Å². The summed E-state index contributed by atoms with van der Waals surface area (Å²) in [5.74, 6) is 0.0775. The van der Waals surface area contributed by atoms with Gasteiger partial charge >= 0.3 is 0 Å². The number of likely N-dealkylation sites (N-methyl/N-ethyl adjacent to an activating group) is 1. The molecule has 0 saturated carbocycles. The van der Waals surface area contributed by atoms with E-state index < -0.39 is 5.54 Å².